The molecule has 0 radical (unpaired) electrons. The third-order valence-electron chi connectivity index (χ3n) is 5.05. The molecule has 158 valence electrons. The number of pyridine rings is 1. The Balaban J connectivity index is 2.42. The van der Waals surface area contributed by atoms with Crippen molar-refractivity contribution < 1.29 is 14.7 Å². The maximum absolute atomic E-state index is 12.5. The van der Waals surface area contributed by atoms with E-state index in [1.807, 2.05) is 12.1 Å². The van der Waals surface area contributed by atoms with Gasteiger partial charge in [0.2, 0.25) is 5.88 Å². The van der Waals surface area contributed by atoms with Gasteiger partial charge in [0, 0.05) is 24.2 Å². The van der Waals surface area contributed by atoms with E-state index in [9.17, 15) is 30.0 Å². The molecule has 2 rings (SSSR count). The highest BCUT2D eigenvalue weighted by molar-refractivity contribution is 6.18. The van der Waals surface area contributed by atoms with Gasteiger partial charge in [0.05, 0.1) is 0 Å². The van der Waals surface area contributed by atoms with Crippen molar-refractivity contribution in [3.63, 3.8) is 0 Å². The molecule has 0 spiro atoms. The molecule has 1 N–H and O–H groups in total. The second kappa shape index (κ2) is 9.55. The van der Waals surface area contributed by atoms with Crippen LogP contribution in [0, 0.1) is 29.6 Å². The lowest BCUT2D eigenvalue weighted by atomic mass is 9.95. The van der Waals surface area contributed by atoms with E-state index in [0.29, 0.717) is 16.7 Å². The van der Waals surface area contributed by atoms with Gasteiger partial charge in [-0.2, -0.15) is 10.5 Å². The Hall–Kier alpha value is -4.17. The van der Waals surface area contributed by atoms with E-state index in [2.05, 4.69) is 0 Å². The van der Waals surface area contributed by atoms with Crippen LogP contribution in [-0.2, 0) is 16.1 Å². The van der Waals surface area contributed by atoms with E-state index in [1.54, 1.807) is 52.0 Å². The highest BCUT2D eigenvalue weighted by atomic mass is 16.3. The van der Waals surface area contributed by atoms with Crippen LogP contribution in [0.15, 0.2) is 45.8 Å². The number of imide groups is 1. The van der Waals surface area contributed by atoms with Crippen LogP contribution in [0.25, 0.3) is 6.08 Å². The Morgan fingerprint density at radius 2 is 1.65 bits per heavy atom. The van der Waals surface area contributed by atoms with E-state index in [4.69, 9.17) is 0 Å². The summed E-state index contributed by atoms with van der Waals surface area (Å²) in [6.07, 6.45) is 7.82. The highest BCUT2D eigenvalue weighted by Crippen LogP contribution is 2.25. The molecule has 8 heteroatoms. The number of carbonyl (C=O) groups is 2. The average Bonchev–Trinajstić information content (AvgIpc) is 2.73. The predicted octanol–water partition coefficient (Wildman–Crippen LogP) is 2.48. The third-order valence-corrected chi connectivity index (χ3v) is 5.05. The topological polar surface area (TPSA) is 127 Å². The minimum Gasteiger partial charge on any atom is -0.494 e. The normalized spacial score (nSPS) is 15.9. The van der Waals surface area contributed by atoms with Gasteiger partial charge in [0.15, 0.2) is 0 Å². The molecule has 0 atom stereocenters. The molecule has 0 aromatic carbocycles. The first kappa shape index (κ1) is 23.1. The number of rotatable bonds is 5. The maximum atomic E-state index is 12.5. The predicted molar refractivity (Wildman–Crippen MR) is 114 cm³/mol. The van der Waals surface area contributed by atoms with Crippen LogP contribution in [0.5, 0.6) is 5.88 Å². The fourth-order valence-electron chi connectivity index (χ4n) is 3.27. The smallest absolute Gasteiger partial charge is 0.271 e. The van der Waals surface area contributed by atoms with E-state index >= 15 is 0 Å². The van der Waals surface area contributed by atoms with Crippen molar-refractivity contribution in [3.05, 3.63) is 68.1 Å². The monoisotopic (exact) mass is 418 g/mol. The zero-order valence-corrected chi connectivity index (χ0v) is 17.8. The zero-order chi connectivity index (χ0) is 23.3. The fraction of sp³-hybridized carbons (Fsp3) is 0.261. The summed E-state index contributed by atoms with van der Waals surface area (Å²) in [4.78, 5) is 37.9. The van der Waals surface area contributed by atoms with Crippen molar-refractivity contribution in [1.82, 2.24) is 9.47 Å². The molecule has 0 fully saturated rings. The number of likely N-dealkylation sites (N-methyl/N-ethyl adjacent to an activating group) is 1. The molecule has 31 heavy (non-hydrogen) atoms. The van der Waals surface area contributed by atoms with Crippen molar-refractivity contribution in [2.24, 2.45) is 0 Å². The van der Waals surface area contributed by atoms with Crippen LogP contribution in [-0.4, -0.2) is 32.9 Å². The minimum atomic E-state index is -0.598. The Morgan fingerprint density at radius 3 is 2.19 bits per heavy atom. The van der Waals surface area contributed by atoms with Gasteiger partial charge in [-0.15, -0.1) is 0 Å². The number of nitriles is 2. The Morgan fingerprint density at radius 1 is 0.968 bits per heavy atom. The lowest BCUT2D eigenvalue weighted by molar-refractivity contribution is -0.140. The van der Waals surface area contributed by atoms with Gasteiger partial charge in [-0.05, 0) is 51.0 Å². The molecule has 0 unspecified atom stereocenters. The second-order valence-corrected chi connectivity index (χ2v) is 6.69. The van der Waals surface area contributed by atoms with Crippen LogP contribution in [0.4, 0.5) is 0 Å². The fourth-order valence-corrected chi connectivity index (χ4v) is 3.27. The number of hydrogen-bond donors (Lipinski definition) is 1. The Kier molecular flexibility index (Phi) is 7.12. The van der Waals surface area contributed by atoms with E-state index < -0.39 is 17.4 Å². The number of aromatic hydroxyl groups is 1. The van der Waals surface area contributed by atoms with Gasteiger partial charge < -0.3 is 5.11 Å². The molecule has 1 aliphatic rings. The summed E-state index contributed by atoms with van der Waals surface area (Å²) < 4.78 is 1.12. The van der Waals surface area contributed by atoms with E-state index in [1.165, 1.54) is 6.08 Å². The Labute approximate surface area is 179 Å². The third kappa shape index (κ3) is 4.10. The van der Waals surface area contributed by atoms with Crippen LogP contribution < -0.4 is 5.56 Å². The Bertz CT molecular complexity index is 1210. The number of nitrogens with zero attached hydrogens (tertiary/aromatic N) is 4. The molecular weight excluding hydrogens is 396 g/mol. The molecule has 0 saturated heterocycles. The lowest BCUT2D eigenvalue weighted by Gasteiger charge is -2.25. The summed E-state index contributed by atoms with van der Waals surface area (Å²) in [6.45, 7) is 6.85. The second-order valence-electron chi connectivity index (χ2n) is 6.69. The molecular formula is C23H22N4O4. The number of hydrogen-bond acceptors (Lipinski definition) is 6. The first-order valence-electron chi connectivity index (χ1n) is 9.63. The van der Waals surface area contributed by atoms with Crippen LogP contribution in [0.3, 0.4) is 0 Å². The molecule has 0 saturated carbocycles. The summed E-state index contributed by atoms with van der Waals surface area (Å²) in [5.74, 6) is -1.30. The standard InChI is InChI=1S/C23H22N4O4/c1-5-26-20(28)16(14(3)18(12-24)22(26)30)10-8-7-9-11-17-15(4)19(13-25)23(31)27(6-2)21(17)29/h7-11,28H,5-6H2,1-4H3/b9-7+,10-8+,17-11-. The van der Waals surface area contributed by atoms with Crippen LogP contribution in [0.2, 0.25) is 0 Å². The van der Waals surface area contributed by atoms with Crippen molar-refractivity contribution in [2.75, 3.05) is 6.54 Å². The summed E-state index contributed by atoms with van der Waals surface area (Å²) in [5.41, 5.74) is 0.629. The van der Waals surface area contributed by atoms with Gasteiger partial charge in [-0.25, -0.2) is 0 Å². The molecule has 2 amide bonds. The number of aromatic nitrogens is 1. The van der Waals surface area contributed by atoms with Crippen LogP contribution in [0.1, 0.15) is 37.5 Å². The van der Waals surface area contributed by atoms with Crippen molar-refractivity contribution in [1.29, 1.82) is 10.5 Å². The van der Waals surface area contributed by atoms with Gasteiger partial charge in [0.25, 0.3) is 17.4 Å². The van der Waals surface area contributed by atoms with E-state index in [0.717, 1.165) is 9.47 Å². The van der Waals surface area contributed by atoms with Gasteiger partial charge in [-0.3, -0.25) is 23.9 Å². The van der Waals surface area contributed by atoms with Gasteiger partial charge >= 0.3 is 0 Å². The highest BCUT2D eigenvalue weighted by Gasteiger charge is 2.33. The van der Waals surface area contributed by atoms with Crippen molar-refractivity contribution in [2.45, 2.75) is 34.2 Å². The summed E-state index contributed by atoms with van der Waals surface area (Å²) in [7, 11) is 0. The molecule has 1 aliphatic heterocycles. The van der Waals surface area contributed by atoms with Crippen molar-refractivity contribution in [3.8, 4) is 18.0 Å². The minimum absolute atomic E-state index is 0.0349. The quantitative estimate of drug-likeness (QED) is 0.445. The average molecular weight is 418 g/mol. The summed E-state index contributed by atoms with van der Waals surface area (Å²) >= 11 is 0. The number of amides is 2. The number of carbonyl (C=O) groups excluding carboxylic acids is 2. The largest absolute Gasteiger partial charge is 0.494 e. The van der Waals surface area contributed by atoms with Gasteiger partial charge in [0.1, 0.15) is 23.3 Å². The molecule has 1 aromatic rings. The molecule has 8 nitrogen and oxygen atoms in total. The molecule has 2 heterocycles. The lowest BCUT2D eigenvalue weighted by Crippen LogP contribution is -2.42. The molecule has 1 aromatic heterocycles. The number of allylic oxidation sites excluding steroid dienone is 4. The first-order valence-corrected chi connectivity index (χ1v) is 9.63. The summed E-state index contributed by atoms with van der Waals surface area (Å²) in [6, 6.07) is 3.73. The zero-order valence-electron chi connectivity index (χ0n) is 17.8. The molecule has 0 bridgehead atoms. The van der Waals surface area contributed by atoms with E-state index in [-0.39, 0.29) is 35.7 Å². The summed E-state index contributed by atoms with van der Waals surface area (Å²) in [5, 5.41) is 28.9. The van der Waals surface area contributed by atoms with Crippen LogP contribution >= 0.6 is 0 Å². The van der Waals surface area contributed by atoms with Crippen molar-refractivity contribution >= 4 is 17.9 Å². The van der Waals surface area contributed by atoms with Gasteiger partial charge in [-0.1, -0.05) is 18.2 Å². The SMILES string of the molecule is CCN1C(=O)C(C#N)=C(C)/C(=C/C=C/C=C/c2c(C)c(C#N)c(=O)n(CC)c2O)C1=O. The maximum Gasteiger partial charge on any atom is 0.271 e. The first-order chi connectivity index (χ1) is 14.7. The molecule has 0 aliphatic carbocycles.